The minimum Gasteiger partial charge on any atom is -0.508 e. The highest BCUT2D eigenvalue weighted by atomic mass is 16.6. The highest BCUT2D eigenvalue weighted by Gasteiger charge is 2.34. The van der Waals surface area contributed by atoms with Gasteiger partial charge in [0.25, 0.3) is 0 Å². The third-order valence-corrected chi connectivity index (χ3v) is 11.2. The second-order valence-electron chi connectivity index (χ2n) is 17.5. The van der Waals surface area contributed by atoms with Gasteiger partial charge in [-0.15, -0.1) is 0 Å². The average Bonchev–Trinajstić information content (AvgIpc) is 3.23. The third-order valence-electron chi connectivity index (χ3n) is 11.2. The van der Waals surface area contributed by atoms with Gasteiger partial charge in [0.2, 0.25) is 0 Å². The molecule has 0 spiro atoms. The van der Waals surface area contributed by atoms with Crippen molar-refractivity contribution in [2.45, 2.75) is 132 Å². The van der Waals surface area contributed by atoms with Gasteiger partial charge in [-0.25, -0.2) is 0 Å². The summed E-state index contributed by atoms with van der Waals surface area (Å²) in [6.45, 7) is 22.8. The number of allylic oxidation sites excluding steroid dienone is 4. The van der Waals surface area contributed by atoms with Gasteiger partial charge in [0.15, 0.2) is 0 Å². The van der Waals surface area contributed by atoms with Gasteiger partial charge in [-0.1, -0.05) is 86.6 Å². The number of fused-ring (bicyclic) bond motifs is 3. The average molecular weight is 873 g/mol. The molecule has 63 heavy (non-hydrogen) atoms. The fourth-order valence-corrected chi connectivity index (χ4v) is 7.66. The van der Waals surface area contributed by atoms with E-state index in [1.54, 1.807) is 0 Å². The standard InChI is InChI=1S/C54H80O9/c1-9-11-13-18-44-37-49(55)46(22-20-42(5)17-15-16-41(3)4)50(38-44)61-34-32-59-30-28-57-26-24-56-25-27-58-29-31-60-33-35-62-51-39-45(19-14-12-10-2)40-52-53(51)47-36-43(6)21-23-48(47)54(7,8)63-52/h16,20-21,23,36-40,55H,9-15,17-19,22,24-35H2,1-8H3/b42-20+. The van der Waals surface area contributed by atoms with Crippen LogP contribution < -0.4 is 14.2 Å². The second-order valence-corrected chi connectivity index (χ2v) is 17.5. The number of phenolic OH excluding ortho intramolecular Hbond substituents is 1. The van der Waals surface area contributed by atoms with Crippen LogP contribution in [0.3, 0.4) is 0 Å². The van der Waals surface area contributed by atoms with Gasteiger partial charge in [-0.2, -0.15) is 0 Å². The molecule has 0 unspecified atom stereocenters. The first-order valence-corrected chi connectivity index (χ1v) is 23.8. The Morgan fingerprint density at radius 3 is 1.71 bits per heavy atom. The molecule has 0 saturated carbocycles. The van der Waals surface area contributed by atoms with Gasteiger partial charge >= 0.3 is 0 Å². The van der Waals surface area contributed by atoms with Gasteiger partial charge in [-0.3, -0.25) is 0 Å². The van der Waals surface area contributed by atoms with Crippen molar-refractivity contribution < 1.29 is 43.0 Å². The Balaban J connectivity index is 1.05. The van der Waals surface area contributed by atoms with Crippen LogP contribution in [0.5, 0.6) is 23.0 Å². The van der Waals surface area contributed by atoms with Crippen molar-refractivity contribution in [2.75, 3.05) is 79.3 Å². The zero-order chi connectivity index (χ0) is 45.3. The molecule has 1 aliphatic heterocycles. The molecule has 9 heteroatoms. The zero-order valence-corrected chi connectivity index (χ0v) is 40.2. The number of phenols is 1. The van der Waals surface area contributed by atoms with Gasteiger partial charge in [0.05, 0.1) is 71.6 Å². The van der Waals surface area contributed by atoms with Crippen LogP contribution in [-0.4, -0.2) is 84.4 Å². The van der Waals surface area contributed by atoms with Crippen molar-refractivity contribution in [3.8, 4) is 34.1 Å². The lowest BCUT2D eigenvalue weighted by Gasteiger charge is -2.36. The molecular weight excluding hydrogens is 793 g/mol. The van der Waals surface area contributed by atoms with Crippen LogP contribution in [0.1, 0.15) is 128 Å². The van der Waals surface area contributed by atoms with E-state index in [1.807, 2.05) is 6.07 Å². The first-order valence-electron chi connectivity index (χ1n) is 23.8. The largest absolute Gasteiger partial charge is 0.508 e. The molecule has 350 valence electrons. The molecule has 0 saturated heterocycles. The van der Waals surface area contributed by atoms with Gasteiger partial charge < -0.3 is 43.0 Å². The van der Waals surface area contributed by atoms with E-state index >= 15 is 0 Å². The summed E-state index contributed by atoms with van der Waals surface area (Å²) in [6.07, 6.45) is 16.0. The predicted molar refractivity (Wildman–Crippen MR) is 256 cm³/mol. The molecule has 0 atom stereocenters. The van der Waals surface area contributed by atoms with Crippen LogP contribution >= 0.6 is 0 Å². The monoisotopic (exact) mass is 873 g/mol. The number of rotatable bonds is 33. The second kappa shape index (κ2) is 28.8. The number of hydrogen-bond donors (Lipinski definition) is 1. The summed E-state index contributed by atoms with van der Waals surface area (Å²) < 4.78 is 47.9. The molecule has 3 aromatic rings. The Morgan fingerprint density at radius 2 is 1.16 bits per heavy atom. The Bertz CT molecular complexity index is 1840. The lowest BCUT2D eigenvalue weighted by molar-refractivity contribution is -0.0141. The van der Waals surface area contributed by atoms with E-state index in [0.717, 1.165) is 78.9 Å². The molecule has 0 amide bonds. The molecule has 0 radical (unpaired) electrons. The minimum absolute atomic E-state index is 0.303. The van der Waals surface area contributed by atoms with Crippen LogP contribution in [0.2, 0.25) is 0 Å². The summed E-state index contributed by atoms with van der Waals surface area (Å²) in [5, 5.41) is 11.0. The van der Waals surface area contributed by atoms with E-state index in [2.05, 4.69) is 104 Å². The first kappa shape index (κ1) is 51.8. The Morgan fingerprint density at radius 1 is 0.635 bits per heavy atom. The fraction of sp³-hybridized carbons (Fsp3) is 0.593. The Kier molecular flexibility index (Phi) is 23.7. The van der Waals surface area contributed by atoms with E-state index in [9.17, 15) is 5.11 Å². The molecule has 1 aliphatic rings. The maximum atomic E-state index is 11.0. The smallest absolute Gasteiger partial charge is 0.132 e. The summed E-state index contributed by atoms with van der Waals surface area (Å²) in [5.74, 6) is 2.79. The van der Waals surface area contributed by atoms with Crippen LogP contribution in [-0.2, 0) is 48.5 Å². The van der Waals surface area contributed by atoms with Crippen LogP contribution in [0, 0.1) is 6.92 Å². The lowest BCUT2D eigenvalue weighted by Crippen LogP contribution is -2.29. The summed E-state index contributed by atoms with van der Waals surface area (Å²) in [6, 6.07) is 15.0. The van der Waals surface area contributed by atoms with E-state index in [1.165, 1.54) is 52.7 Å². The quantitative estimate of drug-likeness (QED) is 0.0474. The molecular formula is C54H80O9. The number of aryl methyl sites for hydroxylation is 3. The molecule has 1 heterocycles. The molecule has 3 aromatic carbocycles. The van der Waals surface area contributed by atoms with Crippen molar-refractivity contribution in [3.05, 3.63) is 93.6 Å². The summed E-state index contributed by atoms with van der Waals surface area (Å²) in [4.78, 5) is 0. The molecule has 0 fully saturated rings. The Labute approximate surface area is 380 Å². The molecule has 1 N–H and O–H groups in total. The highest BCUT2D eigenvalue weighted by Crippen LogP contribution is 2.50. The number of unbranched alkanes of at least 4 members (excludes halogenated alkanes) is 4. The highest BCUT2D eigenvalue weighted by molar-refractivity contribution is 5.82. The van der Waals surface area contributed by atoms with E-state index in [4.69, 9.17) is 37.9 Å². The third kappa shape index (κ3) is 18.6. The maximum Gasteiger partial charge on any atom is 0.132 e. The topological polar surface area (TPSA) is 94.1 Å². The van der Waals surface area contributed by atoms with Gasteiger partial charge in [0, 0.05) is 11.1 Å². The van der Waals surface area contributed by atoms with Crippen LogP contribution in [0.4, 0.5) is 0 Å². The zero-order valence-electron chi connectivity index (χ0n) is 40.2. The van der Waals surface area contributed by atoms with E-state index in [0.29, 0.717) is 91.5 Å². The fourth-order valence-electron chi connectivity index (χ4n) is 7.66. The first-order chi connectivity index (χ1) is 30.5. The van der Waals surface area contributed by atoms with Crippen molar-refractivity contribution >= 4 is 0 Å². The van der Waals surface area contributed by atoms with Crippen LogP contribution in [0.25, 0.3) is 11.1 Å². The number of benzene rings is 3. The lowest BCUT2D eigenvalue weighted by atomic mass is 9.84. The number of aromatic hydroxyl groups is 1. The van der Waals surface area contributed by atoms with Gasteiger partial charge in [-0.05, 0) is 127 Å². The predicted octanol–water partition coefficient (Wildman–Crippen LogP) is 12.2. The molecule has 0 aromatic heterocycles. The number of ether oxygens (including phenoxy) is 8. The summed E-state index contributed by atoms with van der Waals surface area (Å²) in [7, 11) is 0. The maximum absolute atomic E-state index is 11.0. The van der Waals surface area contributed by atoms with Crippen molar-refractivity contribution in [1.82, 2.24) is 0 Å². The van der Waals surface area contributed by atoms with E-state index < -0.39 is 5.60 Å². The summed E-state index contributed by atoms with van der Waals surface area (Å²) in [5.41, 5.74) is 9.99. The summed E-state index contributed by atoms with van der Waals surface area (Å²) >= 11 is 0. The van der Waals surface area contributed by atoms with Crippen molar-refractivity contribution in [3.63, 3.8) is 0 Å². The molecule has 4 rings (SSSR count). The minimum atomic E-state index is -0.423. The van der Waals surface area contributed by atoms with Crippen molar-refractivity contribution in [1.29, 1.82) is 0 Å². The molecule has 0 bridgehead atoms. The van der Waals surface area contributed by atoms with Crippen molar-refractivity contribution in [2.24, 2.45) is 0 Å². The molecule has 0 aliphatic carbocycles. The Hall–Kier alpha value is -3.86. The van der Waals surface area contributed by atoms with Crippen LogP contribution in [0.15, 0.2) is 65.8 Å². The number of hydrogen-bond acceptors (Lipinski definition) is 9. The molecule has 9 nitrogen and oxygen atoms in total. The SMILES string of the molecule is CCCCCc1cc(O)c(C/C=C(\C)CCC=C(C)C)c(OCCOCCOCCOCCOCCOCCOc2cc(CCCCC)cc3c2-c2cc(C)ccc2C(C)(C)O3)c1. The normalized spacial score (nSPS) is 13.0. The van der Waals surface area contributed by atoms with Gasteiger partial charge in [0.1, 0.15) is 41.8 Å². The van der Waals surface area contributed by atoms with E-state index in [-0.39, 0.29) is 0 Å².